The van der Waals surface area contributed by atoms with Crippen LogP contribution in [0.15, 0.2) is 133 Å². The molecule has 3 aromatic carbocycles. The van der Waals surface area contributed by atoms with Gasteiger partial charge in [-0.15, -0.1) is 0 Å². The van der Waals surface area contributed by atoms with E-state index in [0.29, 0.717) is 12.2 Å². The van der Waals surface area contributed by atoms with Crippen LogP contribution in [0.2, 0.25) is 0 Å². The molecule has 0 aliphatic carbocycles. The normalized spacial score (nSPS) is 12.1. The molecule has 0 amide bonds. The molecule has 2 heteroatoms. The van der Waals surface area contributed by atoms with Crippen LogP contribution in [-0.2, 0) is 6.54 Å². The third kappa shape index (κ3) is 5.83. The summed E-state index contributed by atoms with van der Waals surface area (Å²) in [7, 11) is 0. The van der Waals surface area contributed by atoms with Gasteiger partial charge in [0.2, 0.25) is 0 Å². The number of aliphatic imine (C=N–C) groups is 1. The first kappa shape index (κ1) is 22.8. The minimum atomic E-state index is 0.663. The lowest BCUT2D eigenvalue weighted by atomic mass is 9.95. The van der Waals surface area contributed by atoms with Crippen molar-refractivity contribution in [2.24, 2.45) is 4.99 Å². The molecule has 0 fully saturated rings. The fourth-order valence-electron chi connectivity index (χ4n) is 3.49. The molecule has 3 aromatic rings. The first-order chi connectivity index (χ1) is 15.6. The summed E-state index contributed by atoms with van der Waals surface area (Å²) in [4.78, 5) is 4.97. The van der Waals surface area contributed by atoms with Gasteiger partial charge in [0.25, 0.3) is 0 Å². The first-order valence-corrected chi connectivity index (χ1v) is 10.8. The van der Waals surface area contributed by atoms with Crippen molar-refractivity contribution in [2.45, 2.75) is 20.4 Å². The van der Waals surface area contributed by atoms with E-state index in [-0.39, 0.29) is 0 Å². The number of hydrogen-bond donors (Lipinski definition) is 1. The van der Waals surface area contributed by atoms with Crippen molar-refractivity contribution in [3.05, 3.63) is 144 Å². The van der Waals surface area contributed by atoms with Gasteiger partial charge in [-0.1, -0.05) is 116 Å². The Labute approximate surface area is 192 Å². The van der Waals surface area contributed by atoms with Gasteiger partial charge >= 0.3 is 0 Å². The number of rotatable bonds is 8. The van der Waals surface area contributed by atoms with Crippen molar-refractivity contribution in [1.29, 1.82) is 0 Å². The predicted octanol–water partition coefficient (Wildman–Crippen LogP) is 7.40. The molecular formula is C30H30N2. The second kappa shape index (κ2) is 11.5. The second-order valence-electron chi connectivity index (χ2n) is 7.46. The first-order valence-electron chi connectivity index (χ1n) is 10.8. The van der Waals surface area contributed by atoms with Crippen molar-refractivity contribution >= 4 is 5.84 Å². The summed E-state index contributed by atoms with van der Waals surface area (Å²) >= 11 is 0. The third-order valence-corrected chi connectivity index (χ3v) is 5.17. The minimum absolute atomic E-state index is 0.663. The van der Waals surface area contributed by atoms with Gasteiger partial charge in [0.15, 0.2) is 0 Å². The Morgan fingerprint density at radius 2 is 1.62 bits per heavy atom. The molecule has 1 N–H and O–H groups in total. The van der Waals surface area contributed by atoms with Gasteiger partial charge in [-0.3, -0.25) is 0 Å². The van der Waals surface area contributed by atoms with Crippen molar-refractivity contribution in [2.75, 3.05) is 0 Å². The molecule has 0 heterocycles. The van der Waals surface area contributed by atoms with E-state index in [9.17, 15) is 0 Å². The molecule has 0 saturated carbocycles. The van der Waals surface area contributed by atoms with Gasteiger partial charge in [0.05, 0.1) is 5.70 Å². The highest BCUT2D eigenvalue weighted by atomic mass is 15.0. The topological polar surface area (TPSA) is 24.4 Å². The van der Waals surface area contributed by atoms with Gasteiger partial charge in [-0.2, -0.15) is 0 Å². The van der Waals surface area contributed by atoms with Crippen molar-refractivity contribution in [3.63, 3.8) is 0 Å². The summed E-state index contributed by atoms with van der Waals surface area (Å²) in [5.74, 6) is 0.795. The zero-order valence-corrected chi connectivity index (χ0v) is 18.9. The average Bonchev–Trinajstić information content (AvgIpc) is 2.83. The number of benzene rings is 3. The molecule has 0 aliphatic heterocycles. The largest absolute Gasteiger partial charge is 0.365 e. The Balaban J connectivity index is 2.11. The van der Waals surface area contributed by atoms with Crippen molar-refractivity contribution < 1.29 is 0 Å². The lowest BCUT2D eigenvalue weighted by Crippen LogP contribution is -2.26. The highest BCUT2D eigenvalue weighted by Gasteiger charge is 2.15. The molecule has 0 spiro atoms. The Bertz CT molecular complexity index is 1150. The van der Waals surface area contributed by atoms with Crippen molar-refractivity contribution in [1.82, 2.24) is 5.32 Å². The van der Waals surface area contributed by atoms with E-state index in [1.165, 1.54) is 5.56 Å². The fourth-order valence-corrected chi connectivity index (χ4v) is 3.49. The molecule has 0 unspecified atom stereocenters. The van der Waals surface area contributed by atoms with Gasteiger partial charge in [-0.05, 0) is 41.7 Å². The number of nitrogens with zero attached hydrogens (tertiary/aromatic N) is 1. The van der Waals surface area contributed by atoms with Gasteiger partial charge in [0.1, 0.15) is 5.84 Å². The molecule has 2 nitrogen and oxygen atoms in total. The SMILES string of the molecule is C=C/C(=C\C=C/C)C(=C)/N=C(/NCc1ccccc1)c1c(C)cccc1-c1ccccc1. The molecule has 160 valence electrons. The molecule has 0 saturated heterocycles. The smallest absolute Gasteiger partial charge is 0.135 e. The summed E-state index contributed by atoms with van der Waals surface area (Å²) in [6.45, 7) is 12.9. The lowest BCUT2D eigenvalue weighted by Gasteiger charge is -2.18. The average molecular weight is 419 g/mol. The highest BCUT2D eigenvalue weighted by Crippen LogP contribution is 2.27. The Hall–Kier alpha value is -3.91. The molecular weight excluding hydrogens is 388 g/mol. The molecule has 0 bridgehead atoms. The fraction of sp³-hybridized carbons (Fsp3) is 0.100. The summed E-state index contributed by atoms with van der Waals surface area (Å²) in [6, 6.07) is 27.1. The molecule has 0 aliphatic rings. The Morgan fingerprint density at radius 3 is 2.28 bits per heavy atom. The standard InChI is InChI=1S/C30H30N2/c1-5-7-18-26(6-2)24(4)32-30(31-22-25-16-10-8-11-17-25)29-23(3)15-14-21-28(29)27-19-12-9-13-20-27/h5-21H,2,4,22H2,1,3H3,(H,31,32)/b7-5-,26-18+. The monoisotopic (exact) mass is 418 g/mol. The van der Waals surface area contributed by atoms with Crippen LogP contribution >= 0.6 is 0 Å². The predicted molar refractivity (Wildman–Crippen MR) is 139 cm³/mol. The number of allylic oxidation sites excluding steroid dienone is 4. The maximum Gasteiger partial charge on any atom is 0.135 e. The van der Waals surface area contributed by atoms with Crippen molar-refractivity contribution in [3.8, 4) is 11.1 Å². The van der Waals surface area contributed by atoms with Crippen LogP contribution in [0.1, 0.15) is 23.6 Å². The van der Waals surface area contributed by atoms with E-state index >= 15 is 0 Å². The zero-order chi connectivity index (χ0) is 22.8. The van der Waals surface area contributed by atoms with E-state index in [0.717, 1.165) is 33.7 Å². The molecule has 32 heavy (non-hydrogen) atoms. The quantitative estimate of drug-likeness (QED) is 0.230. The van der Waals surface area contributed by atoms with Gasteiger partial charge < -0.3 is 5.32 Å². The molecule has 0 radical (unpaired) electrons. The molecule has 0 aromatic heterocycles. The van der Waals surface area contributed by atoms with E-state index in [4.69, 9.17) is 4.99 Å². The highest BCUT2D eigenvalue weighted by molar-refractivity contribution is 6.06. The molecule has 3 rings (SSSR count). The van der Waals surface area contributed by atoms with Crippen LogP contribution < -0.4 is 5.32 Å². The summed E-state index contributed by atoms with van der Waals surface area (Å²) in [5, 5.41) is 3.58. The minimum Gasteiger partial charge on any atom is -0.365 e. The summed E-state index contributed by atoms with van der Waals surface area (Å²) in [5.41, 5.74) is 7.25. The van der Waals surface area contributed by atoms with Gasteiger partial charge in [-0.25, -0.2) is 4.99 Å². The van der Waals surface area contributed by atoms with Crippen LogP contribution in [0.4, 0.5) is 0 Å². The zero-order valence-electron chi connectivity index (χ0n) is 18.9. The summed E-state index contributed by atoms with van der Waals surface area (Å²) < 4.78 is 0. The maximum absolute atomic E-state index is 4.97. The Kier molecular flexibility index (Phi) is 8.16. The van der Waals surface area contributed by atoms with Crippen LogP contribution in [0.3, 0.4) is 0 Å². The summed E-state index contributed by atoms with van der Waals surface area (Å²) in [6.07, 6.45) is 7.71. The van der Waals surface area contributed by atoms with E-state index < -0.39 is 0 Å². The number of aryl methyl sites for hydroxylation is 1. The number of nitrogens with one attached hydrogen (secondary N) is 1. The van der Waals surface area contributed by atoms with Gasteiger partial charge in [0, 0.05) is 12.1 Å². The van der Waals surface area contributed by atoms with Crippen LogP contribution in [-0.4, -0.2) is 5.84 Å². The van der Waals surface area contributed by atoms with Crippen LogP contribution in [0, 0.1) is 6.92 Å². The van der Waals surface area contributed by atoms with E-state index in [2.05, 4.69) is 80.0 Å². The lowest BCUT2D eigenvalue weighted by molar-refractivity contribution is 0.911. The Morgan fingerprint density at radius 1 is 0.938 bits per heavy atom. The second-order valence-corrected chi connectivity index (χ2v) is 7.46. The van der Waals surface area contributed by atoms with E-state index in [1.54, 1.807) is 6.08 Å². The van der Waals surface area contributed by atoms with E-state index in [1.807, 2.05) is 49.4 Å². The van der Waals surface area contributed by atoms with Crippen LogP contribution in [0.5, 0.6) is 0 Å². The molecule has 0 atom stereocenters. The number of amidine groups is 1. The number of hydrogen-bond acceptors (Lipinski definition) is 1. The van der Waals surface area contributed by atoms with Crippen LogP contribution in [0.25, 0.3) is 11.1 Å². The maximum atomic E-state index is 4.97. The third-order valence-electron chi connectivity index (χ3n) is 5.17.